The molecule has 2 nitrogen and oxygen atoms in total. The van der Waals surface area contributed by atoms with Gasteiger partial charge in [0.15, 0.2) is 0 Å². The lowest BCUT2D eigenvalue weighted by atomic mass is 10.1. The van der Waals surface area contributed by atoms with Crippen LogP contribution >= 0.6 is 23.2 Å². The summed E-state index contributed by atoms with van der Waals surface area (Å²) in [5.41, 5.74) is 6.03. The van der Waals surface area contributed by atoms with Crippen LogP contribution in [0, 0.1) is 5.82 Å². The molecule has 2 aromatic carbocycles. The van der Waals surface area contributed by atoms with Gasteiger partial charge in [0.2, 0.25) is 0 Å². The highest BCUT2D eigenvalue weighted by Crippen LogP contribution is 2.31. The van der Waals surface area contributed by atoms with Crippen LogP contribution in [0.3, 0.4) is 0 Å². The fourth-order valence-corrected chi connectivity index (χ4v) is 2.02. The van der Waals surface area contributed by atoms with Crippen LogP contribution in [-0.2, 0) is 0 Å². The SMILES string of the molecule is NCC(Oc1cc(Cl)ccc1Cl)c1ccccc1F. The number of halogens is 3. The highest BCUT2D eigenvalue weighted by Gasteiger charge is 2.17. The van der Waals surface area contributed by atoms with Crippen LogP contribution in [-0.4, -0.2) is 6.54 Å². The average molecular weight is 300 g/mol. The smallest absolute Gasteiger partial charge is 0.140 e. The maximum absolute atomic E-state index is 13.7. The van der Waals surface area contributed by atoms with Crippen LogP contribution in [0.2, 0.25) is 10.0 Å². The zero-order valence-electron chi connectivity index (χ0n) is 9.95. The predicted octanol–water partition coefficient (Wildman–Crippen LogP) is 4.21. The molecular formula is C14H12Cl2FNO. The average Bonchev–Trinajstić information content (AvgIpc) is 2.41. The molecule has 100 valence electrons. The van der Waals surface area contributed by atoms with Crippen LogP contribution in [0.25, 0.3) is 0 Å². The Bertz CT molecular complexity index is 577. The summed E-state index contributed by atoms with van der Waals surface area (Å²) in [5.74, 6) is 0.0176. The summed E-state index contributed by atoms with van der Waals surface area (Å²) < 4.78 is 19.4. The largest absolute Gasteiger partial charge is 0.483 e. The molecule has 0 aromatic heterocycles. The van der Waals surface area contributed by atoms with Crippen molar-refractivity contribution in [3.05, 3.63) is 63.9 Å². The van der Waals surface area contributed by atoms with Gasteiger partial charge in [-0.1, -0.05) is 41.4 Å². The van der Waals surface area contributed by atoms with Crippen molar-refractivity contribution in [2.45, 2.75) is 6.10 Å². The van der Waals surface area contributed by atoms with E-state index in [1.807, 2.05) is 0 Å². The quantitative estimate of drug-likeness (QED) is 0.918. The van der Waals surface area contributed by atoms with Crippen LogP contribution in [0.1, 0.15) is 11.7 Å². The van der Waals surface area contributed by atoms with E-state index in [1.165, 1.54) is 6.07 Å². The standard InChI is InChI=1S/C14H12Cl2FNO/c15-9-5-6-11(16)13(7-9)19-14(8-18)10-3-1-2-4-12(10)17/h1-7,14H,8,18H2. The number of benzene rings is 2. The van der Waals surface area contributed by atoms with Crippen LogP contribution in [0.4, 0.5) is 4.39 Å². The molecule has 2 rings (SSSR count). The van der Waals surface area contributed by atoms with Crippen LogP contribution < -0.4 is 10.5 Å². The van der Waals surface area contributed by atoms with Crippen LogP contribution in [0.5, 0.6) is 5.75 Å². The Kier molecular flexibility index (Phi) is 4.64. The summed E-state index contributed by atoms with van der Waals surface area (Å²) in [7, 11) is 0. The van der Waals surface area contributed by atoms with E-state index in [-0.39, 0.29) is 12.4 Å². The molecule has 1 unspecified atom stereocenters. The van der Waals surface area contributed by atoms with Gasteiger partial charge in [-0.05, 0) is 18.2 Å². The number of ether oxygens (including phenoxy) is 1. The number of nitrogens with two attached hydrogens (primary N) is 1. The Balaban J connectivity index is 2.29. The molecule has 2 N–H and O–H groups in total. The second kappa shape index (κ2) is 6.24. The summed E-state index contributed by atoms with van der Waals surface area (Å²) in [6, 6.07) is 11.2. The fraction of sp³-hybridized carbons (Fsp3) is 0.143. The first-order valence-corrected chi connectivity index (χ1v) is 6.43. The van der Waals surface area contributed by atoms with Crippen molar-refractivity contribution < 1.29 is 9.13 Å². The van der Waals surface area contributed by atoms with Gasteiger partial charge in [-0.25, -0.2) is 4.39 Å². The van der Waals surface area contributed by atoms with Crippen molar-refractivity contribution in [2.24, 2.45) is 5.73 Å². The van der Waals surface area contributed by atoms with Crippen molar-refractivity contribution >= 4 is 23.2 Å². The van der Waals surface area contributed by atoms with Crippen molar-refractivity contribution in [3.63, 3.8) is 0 Å². The van der Waals surface area contributed by atoms with E-state index < -0.39 is 6.10 Å². The molecule has 0 spiro atoms. The zero-order chi connectivity index (χ0) is 13.8. The molecular weight excluding hydrogens is 288 g/mol. The Morgan fingerprint density at radius 3 is 2.58 bits per heavy atom. The topological polar surface area (TPSA) is 35.2 Å². The second-order valence-corrected chi connectivity index (χ2v) is 4.78. The lowest BCUT2D eigenvalue weighted by molar-refractivity contribution is 0.209. The summed E-state index contributed by atoms with van der Waals surface area (Å²) in [5, 5.41) is 0.892. The third-order valence-corrected chi connectivity index (χ3v) is 3.18. The zero-order valence-corrected chi connectivity index (χ0v) is 11.5. The first-order chi connectivity index (χ1) is 9.11. The van der Waals surface area contributed by atoms with Crippen LogP contribution in [0.15, 0.2) is 42.5 Å². The molecule has 0 aliphatic carbocycles. The third-order valence-electron chi connectivity index (χ3n) is 2.63. The van der Waals surface area contributed by atoms with Gasteiger partial charge in [0.1, 0.15) is 17.7 Å². The summed E-state index contributed by atoms with van der Waals surface area (Å²) >= 11 is 11.9. The Morgan fingerprint density at radius 2 is 1.89 bits per heavy atom. The maximum Gasteiger partial charge on any atom is 0.140 e. The second-order valence-electron chi connectivity index (χ2n) is 3.94. The number of rotatable bonds is 4. The molecule has 0 radical (unpaired) electrons. The van der Waals surface area contributed by atoms with E-state index in [0.29, 0.717) is 21.4 Å². The van der Waals surface area contributed by atoms with E-state index in [0.717, 1.165) is 0 Å². The molecule has 0 heterocycles. The van der Waals surface area contributed by atoms with Crippen molar-refractivity contribution in [3.8, 4) is 5.75 Å². The predicted molar refractivity (Wildman–Crippen MR) is 75.3 cm³/mol. The molecule has 1 atom stereocenters. The molecule has 5 heteroatoms. The maximum atomic E-state index is 13.7. The van der Waals surface area contributed by atoms with Gasteiger partial charge < -0.3 is 10.5 Å². The lowest BCUT2D eigenvalue weighted by Gasteiger charge is -2.19. The molecule has 0 saturated carbocycles. The fourth-order valence-electron chi connectivity index (χ4n) is 1.70. The van der Waals surface area contributed by atoms with Gasteiger partial charge in [-0.3, -0.25) is 0 Å². The summed E-state index contributed by atoms with van der Waals surface area (Å²) in [6.45, 7) is 0.129. The minimum Gasteiger partial charge on any atom is -0.483 e. The summed E-state index contributed by atoms with van der Waals surface area (Å²) in [6.07, 6.45) is -0.614. The number of hydrogen-bond acceptors (Lipinski definition) is 2. The van der Waals surface area contributed by atoms with Crippen molar-refractivity contribution in [1.82, 2.24) is 0 Å². The Hall–Kier alpha value is -1.29. The number of hydrogen-bond donors (Lipinski definition) is 1. The van der Waals surface area contributed by atoms with E-state index in [1.54, 1.807) is 36.4 Å². The van der Waals surface area contributed by atoms with Gasteiger partial charge in [0, 0.05) is 23.2 Å². The molecule has 0 bridgehead atoms. The molecule has 19 heavy (non-hydrogen) atoms. The van der Waals surface area contributed by atoms with E-state index in [2.05, 4.69) is 0 Å². The third kappa shape index (κ3) is 3.38. The molecule has 0 aliphatic rings. The van der Waals surface area contributed by atoms with Gasteiger partial charge in [-0.15, -0.1) is 0 Å². The van der Waals surface area contributed by atoms with E-state index >= 15 is 0 Å². The molecule has 0 aliphatic heterocycles. The lowest BCUT2D eigenvalue weighted by Crippen LogP contribution is -2.19. The molecule has 0 saturated heterocycles. The minimum absolute atomic E-state index is 0.129. The monoisotopic (exact) mass is 299 g/mol. The van der Waals surface area contributed by atoms with Gasteiger partial charge in [-0.2, -0.15) is 0 Å². The van der Waals surface area contributed by atoms with Gasteiger partial charge >= 0.3 is 0 Å². The molecule has 0 amide bonds. The Labute approximate surface area is 120 Å². The summed E-state index contributed by atoms with van der Waals surface area (Å²) in [4.78, 5) is 0. The van der Waals surface area contributed by atoms with Gasteiger partial charge in [0.05, 0.1) is 5.02 Å². The van der Waals surface area contributed by atoms with Crippen molar-refractivity contribution in [1.29, 1.82) is 0 Å². The normalized spacial score (nSPS) is 12.2. The highest BCUT2D eigenvalue weighted by molar-refractivity contribution is 6.34. The first kappa shape index (κ1) is 14.1. The minimum atomic E-state index is -0.614. The van der Waals surface area contributed by atoms with E-state index in [9.17, 15) is 4.39 Å². The Morgan fingerprint density at radius 1 is 1.16 bits per heavy atom. The molecule has 2 aromatic rings. The highest BCUT2D eigenvalue weighted by atomic mass is 35.5. The van der Waals surface area contributed by atoms with Crippen molar-refractivity contribution in [2.75, 3.05) is 6.54 Å². The molecule has 0 fully saturated rings. The first-order valence-electron chi connectivity index (χ1n) is 5.68. The van der Waals surface area contributed by atoms with Gasteiger partial charge in [0.25, 0.3) is 0 Å². The van der Waals surface area contributed by atoms with E-state index in [4.69, 9.17) is 33.7 Å².